The van der Waals surface area contributed by atoms with Crippen molar-refractivity contribution in [2.75, 3.05) is 0 Å². The maximum atomic E-state index is 14.0. The average molecular weight is 330 g/mol. The number of halogens is 2. The maximum Gasteiger partial charge on any atom is 0.341 e. The van der Waals surface area contributed by atoms with Gasteiger partial charge < -0.3 is 15.7 Å². The Bertz CT molecular complexity index is 643. The lowest BCUT2D eigenvalue weighted by Gasteiger charge is -2.07. The van der Waals surface area contributed by atoms with Gasteiger partial charge in [0, 0.05) is 12.6 Å². The smallest absolute Gasteiger partial charge is 0.341 e. The lowest BCUT2D eigenvalue weighted by molar-refractivity contribution is 0.318. The van der Waals surface area contributed by atoms with Crippen molar-refractivity contribution >= 4 is 21.8 Å². The molecule has 0 bridgehead atoms. The molecular formula is C10H9BrFN5O2. The van der Waals surface area contributed by atoms with Gasteiger partial charge in [0.05, 0.1) is 4.47 Å². The number of hydrogen-bond acceptors (Lipinski definition) is 5. The van der Waals surface area contributed by atoms with Crippen molar-refractivity contribution in [1.29, 1.82) is 0 Å². The topological polar surface area (TPSA) is 98.6 Å². The molecule has 3 N–H and O–H groups in total. The van der Waals surface area contributed by atoms with E-state index in [0.717, 1.165) is 0 Å². The molecule has 0 saturated heterocycles. The molecule has 19 heavy (non-hydrogen) atoms. The number of ether oxygens (including phenoxy) is 1. The van der Waals surface area contributed by atoms with Gasteiger partial charge in [-0.1, -0.05) is 5.16 Å². The molecule has 2 aromatic rings. The summed E-state index contributed by atoms with van der Waals surface area (Å²) in [7, 11) is 1.66. The van der Waals surface area contributed by atoms with E-state index in [0.29, 0.717) is 0 Å². The van der Waals surface area contributed by atoms with E-state index in [-0.39, 0.29) is 27.6 Å². The minimum atomic E-state index is -0.698. The molecule has 9 heteroatoms. The Hall–Kier alpha value is -2.16. The highest BCUT2D eigenvalue weighted by molar-refractivity contribution is 9.10. The Morgan fingerprint density at radius 3 is 2.89 bits per heavy atom. The second-order valence-corrected chi connectivity index (χ2v) is 4.32. The van der Waals surface area contributed by atoms with Crippen molar-refractivity contribution in [1.82, 2.24) is 14.8 Å². The molecule has 0 aliphatic carbocycles. The number of nitrogens with two attached hydrogens (primary N) is 1. The van der Waals surface area contributed by atoms with Gasteiger partial charge in [-0.3, -0.25) is 4.68 Å². The molecule has 0 aliphatic heterocycles. The Labute approximate surface area is 115 Å². The number of aromatic nitrogens is 3. The fraction of sp³-hybridized carbons (Fsp3) is 0.100. The zero-order chi connectivity index (χ0) is 14.0. The van der Waals surface area contributed by atoms with Crippen molar-refractivity contribution < 1.29 is 14.3 Å². The summed E-state index contributed by atoms with van der Waals surface area (Å²) in [6, 6.07) is 2.80. The third kappa shape index (κ3) is 2.65. The molecule has 0 fully saturated rings. The highest BCUT2D eigenvalue weighted by Crippen LogP contribution is 2.30. The van der Waals surface area contributed by atoms with Crippen molar-refractivity contribution in [2.24, 2.45) is 17.9 Å². The summed E-state index contributed by atoms with van der Waals surface area (Å²) in [6.07, 6.45) is 1.42. The van der Waals surface area contributed by atoms with Gasteiger partial charge >= 0.3 is 6.01 Å². The number of benzene rings is 1. The quantitative estimate of drug-likeness (QED) is 0.385. The summed E-state index contributed by atoms with van der Waals surface area (Å²) < 4.78 is 20.7. The molecule has 7 nitrogen and oxygen atoms in total. The third-order valence-electron chi connectivity index (χ3n) is 2.21. The number of amidine groups is 1. The van der Waals surface area contributed by atoms with Gasteiger partial charge in [0.15, 0.2) is 17.4 Å². The van der Waals surface area contributed by atoms with Crippen LogP contribution in [0.3, 0.4) is 0 Å². The summed E-state index contributed by atoms with van der Waals surface area (Å²) in [6.45, 7) is 0. The minimum Gasteiger partial charge on any atom is -0.420 e. The minimum absolute atomic E-state index is 0.0184. The summed E-state index contributed by atoms with van der Waals surface area (Å²) in [5, 5.41) is 15.2. The molecule has 0 radical (unpaired) electrons. The predicted molar refractivity (Wildman–Crippen MR) is 67.7 cm³/mol. The predicted octanol–water partition coefficient (Wildman–Crippen LogP) is 1.60. The van der Waals surface area contributed by atoms with Crippen molar-refractivity contribution in [3.63, 3.8) is 0 Å². The van der Waals surface area contributed by atoms with E-state index < -0.39 is 5.82 Å². The molecule has 0 aliphatic rings. The van der Waals surface area contributed by atoms with Crippen molar-refractivity contribution in [3.8, 4) is 11.8 Å². The fourth-order valence-electron chi connectivity index (χ4n) is 1.33. The van der Waals surface area contributed by atoms with Crippen LogP contribution in [0.15, 0.2) is 28.1 Å². The Morgan fingerprint density at radius 1 is 1.58 bits per heavy atom. The lowest BCUT2D eigenvalue weighted by atomic mass is 10.2. The van der Waals surface area contributed by atoms with Crippen LogP contribution in [0.5, 0.6) is 11.8 Å². The maximum absolute atomic E-state index is 14.0. The van der Waals surface area contributed by atoms with E-state index in [1.807, 2.05) is 0 Å². The van der Waals surface area contributed by atoms with Gasteiger partial charge in [-0.2, -0.15) is 4.98 Å². The molecule has 0 amide bonds. The molecule has 2 rings (SSSR count). The van der Waals surface area contributed by atoms with Gasteiger partial charge in [0.2, 0.25) is 0 Å². The van der Waals surface area contributed by atoms with Gasteiger partial charge in [-0.15, -0.1) is 5.10 Å². The van der Waals surface area contributed by atoms with Gasteiger partial charge in [-0.25, -0.2) is 4.39 Å². The normalized spacial score (nSPS) is 11.6. The third-order valence-corrected chi connectivity index (χ3v) is 2.99. The van der Waals surface area contributed by atoms with Crippen molar-refractivity contribution in [2.45, 2.75) is 0 Å². The zero-order valence-corrected chi connectivity index (χ0v) is 11.3. The highest BCUT2D eigenvalue weighted by atomic mass is 79.9. The molecule has 1 heterocycles. The van der Waals surface area contributed by atoms with Crippen LogP contribution < -0.4 is 10.5 Å². The molecular weight excluding hydrogens is 321 g/mol. The standard InChI is InChI=1S/C10H9BrFN5O2/c1-17-4-14-10(15-17)19-6-3-2-5(9(13)16-18)7(11)8(6)12/h2-4,18H,1H3,(H2,13,16). The summed E-state index contributed by atoms with van der Waals surface area (Å²) in [5.41, 5.74) is 5.61. The summed E-state index contributed by atoms with van der Waals surface area (Å²) in [5.74, 6) is -0.989. The molecule has 0 atom stereocenters. The molecule has 1 aromatic heterocycles. The van der Waals surface area contributed by atoms with Crippen LogP contribution in [-0.2, 0) is 7.05 Å². The Morgan fingerprint density at radius 2 is 2.32 bits per heavy atom. The monoisotopic (exact) mass is 329 g/mol. The largest absolute Gasteiger partial charge is 0.420 e. The van der Waals surface area contributed by atoms with E-state index in [2.05, 4.69) is 31.2 Å². The fourth-order valence-corrected chi connectivity index (χ4v) is 1.86. The zero-order valence-electron chi connectivity index (χ0n) is 9.71. The number of aryl methyl sites for hydroxylation is 1. The molecule has 1 aromatic carbocycles. The number of nitrogens with zero attached hydrogens (tertiary/aromatic N) is 4. The average Bonchev–Trinajstić information content (AvgIpc) is 2.80. The van der Waals surface area contributed by atoms with Gasteiger partial charge in [0.25, 0.3) is 0 Å². The SMILES string of the molecule is Cn1cnc(Oc2ccc(/C(N)=N/O)c(Br)c2F)n1. The van der Waals surface area contributed by atoms with Crippen LogP contribution in [-0.4, -0.2) is 25.8 Å². The van der Waals surface area contributed by atoms with Crippen LogP contribution in [0.4, 0.5) is 4.39 Å². The summed E-state index contributed by atoms with van der Waals surface area (Å²) >= 11 is 3.02. The van der Waals surface area contributed by atoms with Crippen LogP contribution in [0, 0.1) is 5.82 Å². The lowest BCUT2D eigenvalue weighted by Crippen LogP contribution is -2.14. The van der Waals surface area contributed by atoms with E-state index >= 15 is 0 Å². The Kier molecular flexibility index (Phi) is 3.65. The molecule has 0 spiro atoms. The number of oxime groups is 1. The van der Waals surface area contributed by atoms with Crippen LogP contribution in [0.2, 0.25) is 0 Å². The van der Waals surface area contributed by atoms with Gasteiger partial charge in [0.1, 0.15) is 6.33 Å². The molecule has 100 valence electrons. The molecule has 0 saturated carbocycles. The first-order chi connectivity index (χ1) is 9.02. The van der Waals surface area contributed by atoms with Gasteiger partial charge in [-0.05, 0) is 28.1 Å². The first-order valence-corrected chi connectivity index (χ1v) is 5.81. The van der Waals surface area contributed by atoms with E-state index in [1.54, 1.807) is 7.05 Å². The molecule has 0 unspecified atom stereocenters. The summed E-state index contributed by atoms with van der Waals surface area (Å²) in [4.78, 5) is 3.81. The van der Waals surface area contributed by atoms with Crippen LogP contribution in [0.1, 0.15) is 5.56 Å². The highest BCUT2D eigenvalue weighted by Gasteiger charge is 2.16. The first-order valence-electron chi connectivity index (χ1n) is 5.02. The van der Waals surface area contributed by atoms with E-state index in [4.69, 9.17) is 15.7 Å². The van der Waals surface area contributed by atoms with Crippen LogP contribution in [0.25, 0.3) is 0 Å². The Balaban J connectivity index is 2.36. The second kappa shape index (κ2) is 5.22. The van der Waals surface area contributed by atoms with Crippen LogP contribution >= 0.6 is 15.9 Å². The number of hydrogen-bond donors (Lipinski definition) is 2. The first kappa shape index (κ1) is 13.3. The van der Waals surface area contributed by atoms with Crippen molar-refractivity contribution in [3.05, 3.63) is 34.3 Å². The number of rotatable bonds is 3. The van der Waals surface area contributed by atoms with E-state index in [1.165, 1.54) is 23.1 Å². The van der Waals surface area contributed by atoms with E-state index in [9.17, 15) is 4.39 Å². The second-order valence-electron chi connectivity index (χ2n) is 3.53.